The molecular formula is C8H11N5O4. The Bertz CT molecular complexity index is 400. The van der Waals surface area contributed by atoms with Crippen molar-refractivity contribution in [1.82, 2.24) is 15.1 Å². The van der Waals surface area contributed by atoms with Crippen LogP contribution >= 0.6 is 0 Å². The number of carbonyl (C=O) groups excluding carboxylic acids is 2. The quantitative estimate of drug-likeness (QED) is 0.513. The molecule has 0 atom stereocenters. The average Bonchev–Trinajstić information content (AvgIpc) is 2.67. The van der Waals surface area contributed by atoms with Crippen molar-refractivity contribution in [3.05, 3.63) is 12.4 Å². The van der Waals surface area contributed by atoms with Gasteiger partial charge in [-0.2, -0.15) is 5.10 Å². The van der Waals surface area contributed by atoms with Gasteiger partial charge in [-0.15, -0.1) is 0 Å². The van der Waals surface area contributed by atoms with Crippen molar-refractivity contribution in [1.29, 1.82) is 0 Å². The summed E-state index contributed by atoms with van der Waals surface area (Å²) in [7, 11) is 0. The highest BCUT2D eigenvalue weighted by Gasteiger charge is 2.18. The molecule has 1 heterocycles. The third kappa shape index (κ3) is 4.20. The summed E-state index contributed by atoms with van der Waals surface area (Å²) >= 11 is 0. The van der Waals surface area contributed by atoms with Gasteiger partial charge in [-0.25, -0.2) is 4.79 Å². The number of anilines is 1. The van der Waals surface area contributed by atoms with Crippen LogP contribution in [0.5, 0.6) is 0 Å². The lowest BCUT2D eigenvalue weighted by Crippen LogP contribution is -2.43. The van der Waals surface area contributed by atoms with Gasteiger partial charge in [0.15, 0.2) is 0 Å². The van der Waals surface area contributed by atoms with Crippen molar-refractivity contribution >= 4 is 23.6 Å². The number of urea groups is 1. The normalized spacial score (nSPS) is 9.65. The third-order valence-electron chi connectivity index (χ3n) is 1.71. The lowest BCUT2D eigenvalue weighted by atomic mass is 10.4. The number of carboxylic acid groups (broad SMARTS) is 1. The van der Waals surface area contributed by atoms with Crippen LogP contribution in [0.15, 0.2) is 12.4 Å². The zero-order valence-electron chi connectivity index (χ0n) is 8.71. The van der Waals surface area contributed by atoms with Gasteiger partial charge in [0.2, 0.25) is 5.91 Å². The molecule has 0 fully saturated rings. The molecule has 0 saturated heterocycles. The van der Waals surface area contributed by atoms with Gasteiger partial charge in [-0.3, -0.25) is 14.7 Å². The predicted molar refractivity (Wildman–Crippen MR) is 56.0 cm³/mol. The number of hydrogen-bond donors (Lipinski definition) is 4. The number of primary amides is 1. The number of aliphatic carboxylic acids is 1. The van der Waals surface area contributed by atoms with E-state index in [9.17, 15) is 14.4 Å². The van der Waals surface area contributed by atoms with Crippen LogP contribution in [0, 0.1) is 0 Å². The monoisotopic (exact) mass is 241 g/mol. The maximum atomic E-state index is 11.6. The maximum absolute atomic E-state index is 11.6. The van der Waals surface area contributed by atoms with Gasteiger partial charge in [0, 0.05) is 6.20 Å². The molecule has 0 aliphatic carbocycles. The van der Waals surface area contributed by atoms with E-state index in [1.807, 2.05) is 0 Å². The minimum absolute atomic E-state index is 0.356. The first-order valence-electron chi connectivity index (χ1n) is 4.54. The second-order valence-corrected chi connectivity index (χ2v) is 3.13. The first-order chi connectivity index (χ1) is 7.99. The predicted octanol–water partition coefficient (Wildman–Crippen LogP) is -1.19. The molecule has 0 saturated carbocycles. The highest BCUT2D eigenvalue weighted by atomic mass is 16.4. The first kappa shape index (κ1) is 12.5. The van der Waals surface area contributed by atoms with Crippen LogP contribution in [0.3, 0.4) is 0 Å². The Balaban J connectivity index is 2.65. The summed E-state index contributed by atoms with van der Waals surface area (Å²) in [6.45, 7) is -1.09. The van der Waals surface area contributed by atoms with Crippen molar-refractivity contribution in [3.8, 4) is 0 Å². The summed E-state index contributed by atoms with van der Waals surface area (Å²) in [6, 6.07) is -0.743. The van der Waals surface area contributed by atoms with E-state index in [2.05, 4.69) is 15.5 Å². The Morgan fingerprint density at radius 3 is 2.65 bits per heavy atom. The number of carboxylic acids is 1. The number of carbonyl (C=O) groups is 3. The van der Waals surface area contributed by atoms with Gasteiger partial charge in [-0.05, 0) is 0 Å². The van der Waals surface area contributed by atoms with Gasteiger partial charge < -0.3 is 21.1 Å². The molecule has 0 spiro atoms. The number of amides is 3. The maximum Gasteiger partial charge on any atom is 0.323 e. The highest BCUT2D eigenvalue weighted by Crippen LogP contribution is 2.03. The van der Waals surface area contributed by atoms with E-state index in [0.29, 0.717) is 5.69 Å². The molecule has 0 aliphatic rings. The second kappa shape index (κ2) is 5.49. The molecule has 9 nitrogen and oxygen atoms in total. The van der Waals surface area contributed by atoms with E-state index in [1.54, 1.807) is 0 Å². The van der Waals surface area contributed by atoms with E-state index in [-0.39, 0.29) is 0 Å². The van der Waals surface area contributed by atoms with Crippen LogP contribution in [0.25, 0.3) is 0 Å². The van der Waals surface area contributed by atoms with Crippen molar-refractivity contribution in [2.75, 3.05) is 18.4 Å². The molecule has 0 bridgehead atoms. The van der Waals surface area contributed by atoms with Crippen LogP contribution in [-0.2, 0) is 9.59 Å². The van der Waals surface area contributed by atoms with Crippen molar-refractivity contribution < 1.29 is 19.5 Å². The van der Waals surface area contributed by atoms with Crippen LogP contribution in [-0.4, -0.2) is 51.2 Å². The fourth-order valence-corrected chi connectivity index (χ4v) is 1.07. The van der Waals surface area contributed by atoms with Gasteiger partial charge in [0.25, 0.3) is 0 Å². The summed E-state index contributed by atoms with van der Waals surface area (Å²) in [6.07, 6.45) is 2.74. The number of aromatic nitrogens is 2. The molecule has 9 heteroatoms. The van der Waals surface area contributed by atoms with Crippen LogP contribution in [0.1, 0.15) is 0 Å². The fraction of sp³-hybridized carbons (Fsp3) is 0.250. The molecule has 1 aromatic rings. The van der Waals surface area contributed by atoms with E-state index in [4.69, 9.17) is 10.8 Å². The summed E-state index contributed by atoms with van der Waals surface area (Å²) in [4.78, 5) is 33.6. The minimum Gasteiger partial charge on any atom is -0.480 e. The smallest absolute Gasteiger partial charge is 0.323 e. The van der Waals surface area contributed by atoms with E-state index >= 15 is 0 Å². The van der Waals surface area contributed by atoms with Crippen molar-refractivity contribution in [3.63, 3.8) is 0 Å². The zero-order valence-corrected chi connectivity index (χ0v) is 8.71. The third-order valence-corrected chi connectivity index (χ3v) is 1.71. The van der Waals surface area contributed by atoms with E-state index in [1.165, 1.54) is 12.4 Å². The van der Waals surface area contributed by atoms with Crippen LogP contribution in [0.4, 0.5) is 10.5 Å². The van der Waals surface area contributed by atoms with Gasteiger partial charge >= 0.3 is 12.0 Å². The molecule has 0 aliphatic heterocycles. The minimum atomic E-state index is -1.24. The Labute approximate surface area is 95.6 Å². The second-order valence-electron chi connectivity index (χ2n) is 3.13. The van der Waals surface area contributed by atoms with E-state index in [0.717, 1.165) is 4.90 Å². The number of hydrogen-bond acceptors (Lipinski definition) is 4. The Hall–Kier alpha value is -2.58. The number of nitrogens with two attached hydrogens (primary N) is 1. The molecular weight excluding hydrogens is 230 g/mol. The van der Waals surface area contributed by atoms with Gasteiger partial charge in [0.05, 0.1) is 11.9 Å². The fourth-order valence-electron chi connectivity index (χ4n) is 1.07. The molecule has 0 radical (unpaired) electrons. The van der Waals surface area contributed by atoms with E-state index < -0.39 is 31.0 Å². The number of nitrogens with one attached hydrogen (secondary N) is 2. The van der Waals surface area contributed by atoms with Gasteiger partial charge in [0.1, 0.15) is 13.1 Å². The lowest BCUT2D eigenvalue weighted by molar-refractivity contribution is -0.137. The molecule has 3 amide bonds. The summed E-state index contributed by atoms with van der Waals surface area (Å²) in [5, 5.41) is 17.0. The lowest BCUT2D eigenvalue weighted by Gasteiger charge is -2.18. The highest BCUT2D eigenvalue weighted by molar-refractivity contribution is 5.93. The topological polar surface area (TPSA) is 141 Å². The first-order valence-corrected chi connectivity index (χ1v) is 4.54. The largest absolute Gasteiger partial charge is 0.480 e. The summed E-state index contributed by atoms with van der Waals surface area (Å²) in [5.74, 6) is -2.04. The number of nitrogens with zero attached hydrogens (tertiary/aromatic N) is 2. The zero-order chi connectivity index (χ0) is 12.8. The Morgan fingerprint density at radius 1 is 1.47 bits per heavy atom. The Kier molecular flexibility index (Phi) is 4.03. The number of aromatic amines is 1. The number of rotatable bonds is 5. The van der Waals surface area contributed by atoms with Crippen LogP contribution < -0.4 is 11.1 Å². The molecule has 17 heavy (non-hydrogen) atoms. The summed E-state index contributed by atoms with van der Waals surface area (Å²) < 4.78 is 0. The molecule has 0 unspecified atom stereocenters. The molecule has 5 N–H and O–H groups in total. The van der Waals surface area contributed by atoms with Crippen molar-refractivity contribution in [2.45, 2.75) is 0 Å². The number of H-pyrrole nitrogens is 1. The molecule has 1 aromatic heterocycles. The molecule has 0 aromatic carbocycles. The Morgan fingerprint density at radius 2 is 2.18 bits per heavy atom. The molecule has 1 rings (SSSR count). The standard InChI is InChI=1S/C8H11N5O4/c9-6(14)3-13(4-7(15)16)8(17)12-5-1-10-11-2-5/h1-2H,3-4H2,(H2,9,14)(H,10,11)(H,12,17)(H,15,16). The van der Waals surface area contributed by atoms with Crippen LogP contribution in [0.2, 0.25) is 0 Å². The summed E-state index contributed by atoms with van der Waals surface area (Å²) in [5.41, 5.74) is 5.26. The molecule has 92 valence electrons. The van der Waals surface area contributed by atoms with Gasteiger partial charge in [-0.1, -0.05) is 0 Å². The SMILES string of the molecule is NC(=O)CN(CC(=O)O)C(=O)Nc1cn[nH]c1. The average molecular weight is 241 g/mol. The van der Waals surface area contributed by atoms with Crippen molar-refractivity contribution in [2.24, 2.45) is 5.73 Å².